The molecule has 0 spiro atoms. The third-order valence-corrected chi connectivity index (χ3v) is 2.37. The number of nitrogens with one attached hydrogen (secondary N) is 1. The SMILES string of the molecule is Cc1ccncc1C(=O)Nc1cccc(F)c1. The molecule has 3 nitrogen and oxygen atoms in total. The number of anilines is 1. The highest BCUT2D eigenvalue weighted by Crippen LogP contribution is 2.12. The summed E-state index contributed by atoms with van der Waals surface area (Å²) in [4.78, 5) is 15.8. The van der Waals surface area contributed by atoms with E-state index in [9.17, 15) is 9.18 Å². The van der Waals surface area contributed by atoms with Crippen LogP contribution >= 0.6 is 0 Å². The molecule has 0 atom stereocenters. The van der Waals surface area contributed by atoms with E-state index in [2.05, 4.69) is 10.3 Å². The van der Waals surface area contributed by atoms with Crippen LogP contribution in [0.15, 0.2) is 42.7 Å². The lowest BCUT2D eigenvalue weighted by atomic mass is 10.1. The molecule has 1 aromatic carbocycles. The predicted molar refractivity (Wildman–Crippen MR) is 63.3 cm³/mol. The first kappa shape index (κ1) is 11.3. The quantitative estimate of drug-likeness (QED) is 0.861. The van der Waals surface area contributed by atoms with Crippen LogP contribution in [0.2, 0.25) is 0 Å². The Morgan fingerprint density at radius 1 is 1.35 bits per heavy atom. The Balaban J connectivity index is 2.20. The van der Waals surface area contributed by atoms with E-state index in [0.29, 0.717) is 11.3 Å². The summed E-state index contributed by atoms with van der Waals surface area (Å²) in [6.45, 7) is 1.82. The van der Waals surface area contributed by atoms with Crippen molar-refractivity contribution in [3.05, 3.63) is 59.7 Å². The van der Waals surface area contributed by atoms with Crippen LogP contribution in [0.25, 0.3) is 0 Å². The summed E-state index contributed by atoms with van der Waals surface area (Å²) in [5.41, 5.74) is 1.74. The minimum Gasteiger partial charge on any atom is -0.322 e. The van der Waals surface area contributed by atoms with Crippen LogP contribution in [0.5, 0.6) is 0 Å². The Kier molecular flexibility index (Phi) is 3.14. The van der Waals surface area contributed by atoms with Gasteiger partial charge in [-0.3, -0.25) is 9.78 Å². The predicted octanol–water partition coefficient (Wildman–Crippen LogP) is 2.78. The van der Waals surface area contributed by atoms with Crippen LogP contribution in [-0.4, -0.2) is 10.9 Å². The molecule has 1 amide bonds. The topological polar surface area (TPSA) is 42.0 Å². The van der Waals surface area contributed by atoms with Gasteiger partial charge in [-0.15, -0.1) is 0 Å². The summed E-state index contributed by atoms with van der Waals surface area (Å²) in [5, 5.41) is 2.62. The molecule has 0 unspecified atom stereocenters. The standard InChI is InChI=1S/C13H11FN2O/c1-9-5-6-15-8-12(9)13(17)16-11-4-2-3-10(14)7-11/h2-8H,1H3,(H,16,17). The van der Waals surface area contributed by atoms with Crippen molar-refractivity contribution in [3.63, 3.8) is 0 Å². The van der Waals surface area contributed by atoms with Crippen molar-refractivity contribution < 1.29 is 9.18 Å². The van der Waals surface area contributed by atoms with Crippen molar-refractivity contribution in [2.24, 2.45) is 0 Å². The smallest absolute Gasteiger partial charge is 0.257 e. The number of amides is 1. The van der Waals surface area contributed by atoms with Crippen molar-refractivity contribution in [2.75, 3.05) is 5.32 Å². The van der Waals surface area contributed by atoms with Crippen molar-refractivity contribution in [2.45, 2.75) is 6.92 Å². The van der Waals surface area contributed by atoms with E-state index >= 15 is 0 Å². The highest BCUT2D eigenvalue weighted by atomic mass is 19.1. The van der Waals surface area contributed by atoms with E-state index in [1.54, 1.807) is 24.4 Å². The normalized spacial score (nSPS) is 10.0. The number of aryl methyl sites for hydroxylation is 1. The number of hydrogen-bond acceptors (Lipinski definition) is 2. The molecule has 17 heavy (non-hydrogen) atoms. The Morgan fingerprint density at radius 3 is 2.88 bits per heavy atom. The lowest BCUT2D eigenvalue weighted by Gasteiger charge is -2.06. The molecule has 1 aromatic heterocycles. The van der Waals surface area contributed by atoms with Gasteiger partial charge >= 0.3 is 0 Å². The zero-order valence-electron chi connectivity index (χ0n) is 9.27. The molecule has 4 heteroatoms. The van der Waals surface area contributed by atoms with Gasteiger partial charge in [0.2, 0.25) is 0 Å². The maximum atomic E-state index is 12.9. The van der Waals surface area contributed by atoms with Gasteiger partial charge < -0.3 is 5.32 Å². The van der Waals surface area contributed by atoms with Gasteiger partial charge in [0.15, 0.2) is 0 Å². The summed E-state index contributed by atoms with van der Waals surface area (Å²) in [6, 6.07) is 7.52. The molecular weight excluding hydrogens is 219 g/mol. The summed E-state index contributed by atoms with van der Waals surface area (Å²) >= 11 is 0. The molecule has 0 bridgehead atoms. The van der Waals surface area contributed by atoms with Crippen molar-refractivity contribution in [1.29, 1.82) is 0 Å². The second kappa shape index (κ2) is 4.74. The largest absolute Gasteiger partial charge is 0.322 e. The van der Waals surface area contributed by atoms with E-state index in [1.807, 2.05) is 6.92 Å². The van der Waals surface area contributed by atoms with Gasteiger partial charge in [0, 0.05) is 18.1 Å². The van der Waals surface area contributed by atoms with Crippen LogP contribution in [0, 0.1) is 12.7 Å². The molecule has 86 valence electrons. The lowest BCUT2D eigenvalue weighted by Crippen LogP contribution is -2.13. The number of rotatable bonds is 2. The van der Waals surface area contributed by atoms with Crippen LogP contribution in [0.3, 0.4) is 0 Å². The maximum absolute atomic E-state index is 12.9. The molecule has 2 aromatic rings. The molecule has 0 aliphatic carbocycles. The Morgan fingerprint density at radius 2 is 2.18 bits per heavy atom. The first-order chi connectivity index (χ1) is 8.16. The van der Waals surface area contributed by atoms with E-state index in [0.717, 1.165) is 5.56 Å². The van der Waals surface area contributed by atoms with Gasteiger partial charge in [-0.1, -0.05) is 6.07 Å². The third kappa shape index (κ3) is 2.66. The fourth-order valence-corrected chi connectivity index (χ4v) is 1.47. The summed E-state index contributed by atoms with van der Waals surface area (Å²) in [7, 11) is 0. The molecular formula is C13H11FN2O. The molecule has 2 rings (SSSR count). The molecule has 0 saturated heterocycles. The van der Waals surface area contributed by atoms with E-state index in [1.165, 1.54) is 18.3 Å². The first-order valence-corrected chi connectivity index (χ1v) is 5.14. The van der Waals surface area contributed by atoms with Crippen LogP contribution in [0.4, 0.5) is 10.1 Å². The monoisotopic (exact) mass is 230 g/mol. The molecule has 0 radical (unpaired) electrons. The molecule has 0 aliphatic rings. The van der Waals surface area contributed by atoms with Crippen LogP contribution < -0.4 is 5.32 Å². The Hall–Kier alpha value is -2.23. The highest BCUT2D eigenvalue weighted by molar-refractivity contribution is 6.04. The van der Waals surface area contributed by atoms with Crippen LogP contribution in [-0.2, 0) is 0 Å². The summed E-state index contributed by atoms with van der Waals surface area (Å²) in [6.07, 6.45) is 3.11. The minimum absolute atomic E-state index is 0.291. The average molecular weight is 230 g/mol. The molecule has 1 heterocycles. The first-order valence-electron chi connectivity index (χ1n) is 5.14. The van der Waals surface area contributed by atoms with E-state index < -0.39 is 0 Å². The van der Waals surface area contributed by atoms with Crippen molar-refractivity contribution in [3.8, 4) is 0 Å². The Labute approximate surface area is 98.3 Å². The molecule has 0 fully saturated rings. The number of benzene rings is 1. The summed E-state index contributed by atoms with van der Waals surface area (Å²) < 4.78 is 12.9. The van der Waals surface area contributed by atoms with Gasteiger partial charge in [0.1, 0.15) is 5.82 Å². The number of halogens is 1. The zero-order valence-corrected chi connectivity index (χ0v) is 9.27. The summed E-state index contributed by atoms with van der Waals surface area (Å²) in [5.74, 6) is -0.674. The number of hydrogen-bond donors (Lipinski definition) is 1. The zero-order chi connectivity index (χ0) is 12.3. The average Bonchev–Trinajstić information content (AvgIpc) is 2.29. The molecule has 1 N–H and O–H groups in total. The fraction of sp³-hybridized carbons (Fsp3) is 0.0769. The number of nitrogens with zero attached hydrogens (tertiary/aromatic N) is 1. The van der Waals surface area contributed by atoms with Crippen LogP contribution in [0.1, 0.15) is 15.9 Å². The van der Waals surface area contributed by atoms with E-state index in [4.69, 9.17) is 0 Å². The minimum atomic E-state index is -0.384. The second-order valence-electron chi connectivity index (χ2n) is 3.66. The second-order valence-corrected chi connectivity index (χ2v) is 3.66. The maximum Gasteiger partial charge on any atom is 0.257 e. The van der Waals surface area contributed by atoms with E-state index in [-0.39, 0.29) is 11.7 Å². The number of aromatic nitrogens is 1. The number of pyridine rings is 1. The molecule has 0 saturated carbocycles. The van der Waals surface area contributed by atoms with Gasteiger partial charge in [0.25, 0.3) is 5.91 Å². The van der Waals surface area contributed by atoms with Gasteiger partial charge in [-0.05, 0) is 36.8 Å². The Bertz CT molecular complexity index is 555. The number of carbonyl (C=O) groups excluding carboxylic acids is 1. The van der Waals surface area contributed by atoms with Gasteiger partial charge in [0.05, 0.1) is 5.56 Å². The number of carbonyl (C=O) groups is 1. The highest BCUT2D eigenvalue weighted by Gasteiger charge is 2.09. The third-order valence-electron chi connectivity index (χ3n) is 2.37. The van der Waals surface area contributed by atoms with Gasteiger partial charge in [-0.2, -0.15) is 0 Å². The van der Waals surface area contributed by atoms with Crippen molar-refractivity contribution >= 4 is 11.6 Å². The fourth-order valence-electron chi connectivity index (χ4n) is 1.47. The molecule has 0 aliphatic heterocycles. The van der Waals surface area contributed by atoms with Gasteiger partial charge in [-0.25, -0.2) is 4.39 Å². The lowest BCUT2D eigenvalue weighted by molar-refractivity contribution is 0.102. The van der Waals surface area contributed by atoms with Crippen molar-refractivity contribution in [1.82, 2.24) is 4.98 Å².